The average Bonchev–Trinajstić information content (AvgIpc) is 2.56. The van der Waals surface area contributed by atoms with E-state index in [4.69, 9.17) is 0 Å². The Kier molecular flexibility index (Phi) is 4.90. The van der Waals surface area contributed by atoms with Gasteiger partial charge >= 0.3 is 0 Å². The van der Waals surface area contributed by atoms with Crippen molar-refractivity contribution in [2.45, 2.75) is 38.1 Å². The first-order valence-corrected chi connectivity index (χ1v) is 6.61. The van der Waals surface area contributed by atoms with Crippen LogP contribution in [0.1, 0.15) is 32.1 Å². The number of hydrogen-bond donors (Lipinski definition) is 2. The quantitative estimate of drug-likeness (QED) is 0.723. The van der Waals surface area contributed by atoms with Gasteiger partial charge in [-0.25, -0.2) is 0 Å². The highest BCUT2D eigenvalue weighted by Gasteiger charge is 2.14. The second-order valence-electron chi connectivity index (χ2n) is 4.88. The first-order valence-electron chi connectivity index (χ1n) is 6.61. The summed E-state index contributed by atoms with van der Waals surface area (Å²) in [5.74, 6) is 0. The van der Waals surface area contributed by atoms with Gasteiger partial charge in [-0.2, -0.15) is 0 Å². The molecule has 3 heteroatoms. The van der Waals surface area contributed by atoms with Crippen LogP contribution in [0.5, 0.6) is 0 Å². The first kappa shape index (κ1) is 11.4. The Labute approximate surface area is 93.6 Å². The van der Waals surface area contributed by atoms with E-state index < -0.39 is 0 Å². The van der Waals surface area contributed by atoms with Gasteiger partial charge in [-0.3, -0.25) is 0 Å². The Morgan fingerprint density at radius 1 is 1.00 bits per heavy atom. The van der Waals surface area contributed by atoms with Crippen LogP contribution in [0.15, 0.2) is 0 Å². The Bertz CT molecular complexity index is 158. The lowest BCUT2D eigenvalue weighted by molar-refractivity contribution is 0.259. The van der Waals surface area contributed by atoms with E-state index in [1.54, 1.807) is 0 Å². The third kappa shape index (κ3) is 4.09. The highest BCUT2D eigenvalue weighted by molar-refractivity contribution is 4.75. The van der Waals surface area contributed by atoms with Crippen molar-refractivity contribution in [3.05, 3.63) is 0 Å². The van der Waals surface area contributed by atoms with Gasteiger partial charge < -0.3 is 15.5 Å². The van der Waals surface area contributed by atoms with Crippen LogP contribution in [-0.4, -0.2) is 50.2 Å². The van der Waals surface area contributed by atoms with Crippen molar-refractivity contribution in [1.29, 1.82) is 0 Å². The summed E-state index contributed by atoms with van der Waals surface area (Å²) < 4.78 is 0. The molecular formula is C12H25N3. The molecule has 1 unspecified atom stereocenters. The van der Waals surface area contributed by atoms with Crippen LogP contribution in [0.3, 0.4) is 0 Å². The number of rotatable bonds is 3. The van der Waals surface area contributed by atoms with Crippen molar-refractivity contribution in [3.63, 3.8) is 0 Å². The highest BCUT2D eigenvalue weighted by atomic mass is 15.1. The van der Waals surface area contributed by atoms with E-state index in [0.717, 1.165) is 6.04 Å². The fraction of sp³-hybridized carbons (Fsp3) is 1.00. The maximum atomic E-state index is 3.63. The molecule has 2 heterocycles. The molecule has 3 nitrogen and oxygen atoms in total. The van der Waals surface area contributed by atoms with Crippen LogP contribution in [0.4, 0.5) is 0 Å². The molecule has 0 aromatic heterocycles. The van der Waals surface area contributed by atoms with E-state index in [1.807, 2.05) is 0 Å². The van der Waals surface area contributed by atoms with Crippen molar-refractivity contribution < 1.29 is 0 Å². The van der Waals surface area contributed by atoms with Crippen molar-refractivity contribution in [2.75, 3.05) is 39.3 Å². The van der Waals surface area contributed by atoms with E-state index in [1.165, 1.54) is 71.4 Å². The molecule has 0 bridgehead atoms. The summed E-state index contributed by atoms with van der Waals surface area (Å²) in [6.45, 7) is 7.45. The summed E-state index contributed by atoms with van der Waals surface area (Å²) in [5.41, 5.74) is 0. The van der Waals surface area contributed by atoms with Crippen molar-refractivity contribution >= 4 is 0 Å². The van der Waals surface area contributed by atoms with Gasteiger partial charge in [-0.05, 0) is 51.9 Å². The number of nitrogens with zero attached hydrogens (tertiary/aromatic N) is 1. The third-order valence-corrected chi connectivity index (χ3v) is 3.64. The predicted octanol–water partition coefficient (Wildman–Crippen LogP) is 0.814. The van der Waals surface area contributed by atoms with Crippen LogP contribution < -0.4 is 10.6 Å². The minimum absolute atomic E-state index is 0.801. The fourth-order valence-corrected chi connectivity index (χ4v) is 2.63. The monoisotopic (exact) mass is 211 g/mol. The minimum Gasteiger partial charge on any atom is -0.315 e. The normalized spacial score (nSPS) is 30.0. The van der Waals surface area contributed by atoms with Gasteiger partial charge in [0.05, 0.1) is 0 Å². The Morgan fingerprint density at radius 3 is 2.87 bits per heavy atom. The maximum absolute atomic E-state index is 3.63. The molecule has 0 aromatic carbocycles. The molecule has 2 saturated heterocycles. The highest BCUT2D eigenvalue weighted by Crippen LogP contribution is 2.10. The Morgan fingerprint density at radius 2 is 2.00 bits per heavy atom. The smallest absolute Gasteiger partial charge is 0.0107 e. The van der Waals surface area contributed by atoms with E-state index in [2.05, 4.69) is 15.5 Å². The molecular weight excluding hydrogens is 186 g/mol. The van der Waals surface area contributed by atoms with Crippen LogP contribution >= 0.6 is 0 Å². The van der Waals surface area contributed by atoms with E-state index in [9.17, 15) is 0 Å². The van der Waals surface area contributed by atoms with Crippen LogP contribution in [0.2, 0.25) is 0 Å². The summed E-state index contributed by atoms with van der Waals surface area (Å²) in [7, 11) is 0. The second-order valence-corrected chi connectivity index (χ2v) is 4.88. The molecule has 2 aliphatic rings. The zero-order chi connectivity index (χ0) is 10.3. The molecule has 0 spiro atoms. The van der Waals surface area contributed by atoms with Gasteiger partial charge in [0.1, 0.15) is 0 Å². The lowest BCUT2D eigenvalue weighted by Gasteiger charge is -2.27. The zero-order valence-electron chi connectivity index (χ0n) is 9.80. The van der Waals surface area contributed by atoms with Gasteiger partial charge in [0.2, 0.25) is 0 Å². The Hall–Kier alpha value is -0.120. The molecule has 2 aliphatic heterocycles. The first-order chi connectivity index (χ1) is 7.45. The fourth-order valence-electron chi connectivity index (χ4n) is 2.63. The molecule has 0 radical (unpaired) electrons. The summed E-state index contributed by atoms with van der Waals surface area (Å²) in [4.78, 5) is 2.62. The van der Waals surface area contributed by atoms with E-state index in [-0.39, 0.29) is 0 Å². The van der Waals surface area contributed by atoms with Crippen molar-refractivity contribution in [2.24, 2.45) is 0 Å². The molecule has 2 N–H and O–H groups in total. The summed E-state index contributed by atoms with van der Waals surface area (Å²) in [5, 5.41) is 7.09. The van der Waals surface area contributed by atoms with Gasteiger partial charge in [-0.15, -0.1) is 0 Å². The van der Waals surface area contributed by atoms with Crippen LogP contribution in [0, 0.1) is 0 Å². The maximum Gasteiger partial charge on any atom is 0.0107 e. The molecule has 0 aliphatic carbocycles. The number of hydrogen-bond acceptors (Lipinski definition) is 3. The topological polar surface area (TPSA) is 27.3 Å². The van der Waals surface area contributed by atoms with Gasteiger partial charge in [0, 0.05) is 19.1 Å². The number of piperidine rings is 1. The van der Waals surface area contributed by atoms with Gasteiger partial charge in [-0.1, -0.05) is 6.42 Å². The van der Waals surface area contributed by atoms with Crippen molar-refractivity contribution in [1.82, 2.24) is 15.5 Å². The zero-order valence-corrected chi connectivity index (χ0v) is 9.80. The van der Waals surface area contributed by atoms with Crippen molar-refractivity contribution in [3.8, 4) is 0 Å². The predicted molar refractivity (Wildman–Crippen MR) is 64.2 cm³/mol. The molecule has 0 saturated carbocycles. The summed E-state index contributed by atoms with van der Waals surface area (Å²) in [6.07, 6.45) is 6.87. The van der Waals surface area contributed by atoms with Crippen LogP contribution in [-0.2, 0) is 0 Å². The lowest BCUT2D eigenvalue weighted by Crippen LogP contribution is -2.38. The summed E-state index contributed by atoms with van der Waals surface area (Å²) >= 11 is 0. The lowest BCUT2D eigenvalue weighted by atomic mass is 10.0. The van der Waals surface area contributed by atoms with Crippen LogP contribution in [0.25, 0.3) is 0 Å². The third-order valence-electron chi connectivity index (χ3n) is 3.64. The Balaban J connectivity index is 1.62. The standard InChI is InChI=1S/C12H25N3/c1-2-7-14-12(4-1)5-10-15-9-3-6-13-8-11-15/h12-14H,1-11H2. The molecule has 0 amide bonds. The molecule has 2 fully saturated rings. The van der Waals surface area contributed by atoms with Gasteiger partial charge in [0.25, 0.3) is 0 Å². The summed E-state index contributed by atoms with van der Waals surface area (Å²) in [6, 6.07) is 0.801. The minimum atomic E-state index is 0.801. The largest absolute Gasteiger partial charge is 0.315 e. The number of nitrogens with one attached hydrogen (secondary N) is 2. The second kappa shape index (κ2) is 6.46. The molecule has 0 aromatic rings. The molecule has 88 valence electrons. The SMILES string of the molecule is C1CCC(CCN2CCCNCC2)NC1. The van der Waals surface area contributed by atoms with Gasteiger partial charge in [0.15, 0.2) is 0 Å². The average molecular weight is 211 g/mol. The molecule has 15 heavy (non-hydrogen) atoms. The molecule has 2 rings (SSSR count). The van der Waals surface area contributed by atoms with E-state index in [0.29, 0.717) is 0 Å². The molecule has 1 atom stereocenters. The van der Waals surface area contributed by atoms with E-state index >= 15 is 0 Å².